The Hall–Kier alpha value is -3.83. The maximum atomic E-state index is 13.2. The normalized spacial score (nSPS) is 15.3. The van der Waals surface area contributed by atoms with Crippen molar-refractivity contribution in [2.24, 2.45) is 5.92 Å². The van der Waals surface area contributed by atoms with Crippen molar-refractivity contribution in [2.75, 3.05) is 25.0 Å². The van der Waals surface area contributed by atoms with E-state index in [0.29, 0.717) is 38.2 Å². The molecule has 0 spiro atoms. The number of rotatable bonds is 8. The van der Waals surface area contributed by atoms with Gasteiger partial charge in [0.2, 0.25) is 0 Å². The number of likely N-dealkylation sites (tertiary alicyclic amines) is 1. The summed E-state index contributed by atoms with van der Waals surface area (Å²) in [4.78, 5) is 13.9. The van der Waals surface area contributed by atoms with E-state index in [9.17, 15) is 36.2 Å². The Bertz CT molecular complexity index is 1290. The summed E-state index contributed by atoms with van der Waals surface area (Å²) in [5, 5.41) is 14.7. The molecule has 1 fully saturated rings. The number of carbonyl (C=O) groups is 1. The van der Waals surface area contributed by atoms with Gasteiger partial charge in [0, 0.05) is 12.2 Å². The second kappa shape index (κ2) is 12.6. The summed E-state index contributed by atoms with van der Waals surface area (Å²) >= 11 is 0. The SMILES string of the molecule is C=CCOC(=O)Nc1ccc(CN2CCC(C(O)(c3ccc(C(F)(F)F)cc3)c3ccc(C(F)(F)F)cc3)CC2)cc1. The monoisotopic (exact) mass is 592 g/mol. The zero-order valence-corrected chi connectivity index (χ0v) is 22.5. The maximum absolute atomic E-state index is 13.2. The predicted octanol–water partition coefficient (Wildman–Crippen LogP) is 7.61. The minimum atomic E-state index is -4.57. The highest BCUT2D eigenvalue weighted by Gasteiger charge is 2.43. The van der Waals surface area contributed by atoms with Gasteiger partial charge in [0.25, 0.3) is 0 Å². The molecule has 0 radical (unpaired) electrons. The molecule has 4 rings (SSSR count). The Labute approximate surface area is 239 Å². The van der Waals surface area contributed by atoms with Gasteiger partial charge in [-0.15, -0.1) is 0 Å². The zero-order chi connectivity index (χ0) is 30.5. The summed E-state index contributed by atoms with van der Waals surface area (Å²) in [5.74, 6) is -0.463. The van der Waals surface area contributed by atoms with Crippen molar-refractivity contribution in [1.82, 2.24) is 4.90 Å². The number of nitrogens with one attached hydrogen (secondary N) is 1. The summed E-state index contributed by atoms with van der Waals surface area (Å²) in [7, 11) is 0. The number of amides is 1. The molecule has 0 bridgehead atoms. The second-order valence-electron chi connectivity index (χ2n) is 10.2. The maximum Gasteiger partial charge on any atom is 0.416 e. The summed E-state index contributed by atoms with van der Waals surface area (Å²) in [6.45, 7) is 5.23. The molecule has 42 heavy (non-hydrogen) atoms. The van der Waals surface area contributed by atoms with Crippen LogP contribution in [0.3, 0.4) is 0 Å². The van der Waals surface area contributed by atoms with Crippen molar-refractivity contribution in [2.45, 2.75) is 37.3 Å². The number of nitrogens with zero attached hydrogens (tertiary/aromatic N) is 1. The Morgan fingerprint density at radius 3 is 1.71 bits per heavy atom. The summed E-state index contributed by atoms with van der Waals surface area (Å²) in [6.07, 6.45) is -7.38. The van der Waals surface area contributed by atoms with E-state index < -0.39 is 41.1 Å². The molecule has 11 heteroatoms. The van der Waals surface area contributed by atoms with E-state index in [-0.39, 0.29) is 17.7 Å². The molecule has 1 amide bonds. The fraction of sp³-hybridized carbons (Fsp3) is 0.323. The third kappa shape index (κ3) is 7.32. The van der Waals surface area contributed by atoms with Crippen molar-refractivity contribution in [3.63, 3.8) is 0 Å². The molecular formula is C31H30F6N2O3. The van der Waals surface area contributed by atoms with Crippen molar-refractivity contribution in [3.05, 3.63) is 113 Å². The number of aliphatic hydroxyl groups is 1. The minimum absolute atomic E-state index is 0.0900. The van der Waals surface area contributed by atoms with Crippen LogP contribution >= 0.6 is 0 Å². The number of hydrogen-bond acceptors (Lipinski definition) is 4. The van der Waals surface area contributed by atoms with E-state index in [0.717, 1.165) is 29.8 Å². The van der Waals surface area contributed by atoms with E-state index in [1.807, 2.05) is 12.1 Å². The fourth-order valence-corrected chi connectivity index (χ4v) is 5.21. The number of benzene rings is 3. The van der Waals surface area contributed by atoms with Crippen LogP contribution in [0.1, 0.15) is 40.7 Å². The first kappa shape index (κ1) is 31.1. The standard InChI is InChI=1S/C31H30F6N2O3/c1-2-19-42-28(40)38-27-13-3-21(4-14-27)20-39-17-15-24(16-18-39)29(41,22-5-9-25(10-6-22)30(32,33)34)23-7-11-26(12-8-23)31(35,36)37/h2-14,24,41H,1,15-20H2,(H,38,40). The van der Waals surface area contributed by atoms with Crippen LogP contribution in [-0.2, 0) is 29.2 Å². The van der Waals surface area contributed by atoms with Gasteiger partial charge in [0.15, 0.2) is 0 Å². The summed E-state index contributed by atoms with van der Waals surface area (Å²) in [6, 6.07) is 15.4. The van der Waals surface area contributed by atoms with Crippen LogP contribution in [0.5, 0.6) is 0 Å². The molecule has 0 aromatic heterocycles. The quantitative estimate of drug-likeness (QED) is 0.209. The Kier molecular flexibility index (Phi) is 9.32. The molecule has 3 aromatic rings. The minimum Gasteiger partial charge on any atom is -0.445 e. The van der Waals surface area contributed by atoms with Crippen LogP contribution in [0.4, 0.5) is 36.8 Å². The number of ether oxygens (including phenoxy) is 1. The Morgan fingerprint density at radius 1 is 0.833 bits per heavy atom. The summed E-state index contributed by atoms with van der Waals surface area (Å²) < 4.78 is 84.0. The van der Waals surface area contributed by atoms with Crippen molar-refractivity contribution in [1.29, 1.82) is 0 Å². The largest absolute Gasteiger partial charge is 0.445 e. The highest BCUT2D eigenvalue weighted by molar-refractivity contribution is 5.84. The molecule has 224 valence electrons. The van der Waals surface area contributed by atoms with Gasteiger partial charge in [-0.2, -0.15) is 26.3 Å². The van der Waals surface area contributed by atoms with Gasteiger partial charge in [-0.05, 0) is 84.9 Å². The molecule has 1 saturated heterocycles. The predicted molar refractivity (Wildman–Crippen MR) is 145 cm³/mol. The number of piperidine rings is 1. The highest BCUT2D eigenvalue weighted by Crippen LogP contribution is 2.44. The topological polar surface area (TPSA) is 61.8 Å². The number of halogens is 6. The number of alkyl halides is 6. The van der Waals surface area contributed by atoms with E-state index in [1.165, 1.54) is 30.3 Å². The number of carbonyl (C=O) groups excluding carboxylic acids is 1. The van der Waals surface area contributed by atoms with Crippen molar-refractivity contribution < 1.29 is 41.0 Å². The lowest BCUT2D eigenvalue weighted by Gasteiger charge is -2.42. The molecule has 1 heterocycles. The lowest BCUT2D eigenvalue weighted by atomic mass is 9.71. The lowest BCUT2D eigenvalue weighted by molar-refractivity contribution is -0.138. The van der Waals surface area contributed by atoms with Crippen LogP contribution in [0, 0.1) is 5.92 Å². The van der Waals surface area contributed by atoms with Gasteiger partial charge in [0.1, 0.15) is 12.2 Å². The van der Waals surface area contributed by atoms with E-state index >= 15 is 0 Å². The third-order valence-corrected chi connectivity index (χ3v) is 7.42. The van der Waals surface area contributed by atoms with Crippen LogP contribution in [-0.4, -0.2) is 35.8 Å². The van der Waals surface area contributed by atoms with Crippen LogP contribution < -0.4 is 5.32 Å². The van der Waals surface area contributed by atoms with E-state index in [1.54, 1.807) is 12.1 Å². The molecule has 0 unspecified atom stereocenters. The molecule has 3 aromatic carbocycles. The van der Waals surface area contributed by atoms with Gasteiger partial charge >= 0.3 is 18.4 Å². The lowest BCUT2D eigenvalue weighted by Crippen LogP contribution is -2.44. The van der Waals surface area contributed by atoms with Gasteiger partial charge < -0.3 is 9.84 Å². The second-order valence-corrected chi connectivity index (χ2v) is 10.2. The van der Waals surface area contributed by atoms with E-state index in [2.05, 4.69) is 16.8 Å². The molecule has 2 N–H and O–H groups in total. The molecule has 0 saturated carbocycles. The first-order valence-corrected chi connectivity index (χ1v) is 13.2. The van der Waals surface area contributed by atoms with Gasteiger partial charge in [0.05, 0.1) is 11.1 Å². The average molecular weight is 593 g/mol. The molecule has 0 aliphatic carbocycles. The third-order valence-electron chi connectivity index (χ3n) is 7.42. The average Bonchev–Trinajstić information content (AvgIpc) is 2.96. The van der Waals surface area contributed by atoms with Crippen molar-refractivity contribution in [3.8, 4) is 0 Å². The van der Waals surface area contributed by atoms with Gasteiger partial charge in [-0.25, -0.2) is 4.79 Å². The highest BCUT2D eigenvalue weighted by atomic mass is 19.4. The first-order valence-electron chi connectivity index (χ1n) is 13.2. The van der Waals surface area contributed by atoms with Gasteiger partial charge in [-0.3, -0.25) is 10.2 Å². The Morgan fingerprint density at radius 2 is 1.29 bits per heavy atom. The molecule has 1 aliphatic rings. The van der Waals surface area contributed by atoms with E-state index in [4.69, 9.17) is 4.74 Å². The van der Waals surface area contributed by atoms with Gasteiger partial charge in [-0.1, -0.05) is 49.1 Å². The number of hydrogen-bond donors (Lipinski definition) is 2. The van der Waals surface area contributed by atoms with Crippen LogP contribution in [0.25, 0.3) is 0 Å². The van der Waals surface area contributed by atoms with Crippen molar-refractivity contribution >= 4 is 11.8 Å². The fourth-order valence-electron chi connectivity index (χ4n) is 5.21. The van der Waals surface area contributed by atoms with Crippen LogP contribution in [0.2, 0.25) is 0 Å². The molecule has 5 nitrogen and oxygen atoms in total. The zero-order valence-electron chi connectivity index (χ0n) is 22.5. The Balaban J connectivity index is 1.49. The smallest absolute Gasteiger partial charge is 0.416 e. The molecule has 1 aliphatic heterocycles. The molecule has 0 atom stereocenters. The molecular weight excluding hydrogens is 562 g/mol. The number of anilines is 1. The van der Waals surface area contributed by atoms with Crippen LogP contribution in [0.15, 0.2) is 85.5 Å². The summed E-state index contributed by atoms with van der Waals surface area (Å²) in [5.41, 5.74) is -1.67. The first-order chi connectivity index (χ1) is 19.8.